The van der Waals surface area contributed by atoms with Crippen molar-refractivity contribution >= 4 is 35.0 Å². The highest BCUT2D eigenvalue weighted by Gasteiger charge is 2.28. The van der Waals surface area contributed by atoms with Gasteiger partial charge in [-0.2, -0.15) is 0 Å². The highest BCUT2D eigenvalue weighted by atomic mass is 35.5. The fourth-order valence-corrected chi connectivity index (χ4v) is 2.99. The van der Waals surface area contributed by atoms with Gasteiger partial charge >= 0.3 is 0 Å². The van der Waals surface area contributed by atoms with Crippen LogP contribution >= 0.6 is 11.6 Å². The van der Waals surface area contributed by atoms with Crippen LogP contribution in [0.5, 0.6) is 0 Å². The minimum absolute atomic E-state index is 0.128. The Morgan fingerprint density at radius 1 is 0.966 bits per heavy atom. The van der Waals surface area contributed by atoms with Crippen LogP contribution in [0.25, 0.3) is 0 Å². The van der Waals surface area contributed by atoms with E-state index in [4.69, 9.17) is 11.6 Å². The number of nitrogens with one attached hydrogen (secondary N) is 2. The van der Waals surface area contributed by atoms with Gasteiger partial charge in [-0.25, -0.2) is 0 Å². The number of nitrogens with zero attached hydrogens (tertiary/aromatic N) is 1. The number of amides is 3. The highest BCUT2D eigenvalue weighted by Crippen LogP contribution is 2.20. The summed E-state index contributed by atoms with van der Waals surface area (Å²) in [5.41, 5.74) is 1.35. The lowest BCUT2D eigenvalue weighted by atomic mass is 10.0. The molecular formula is C22H26ClN3O3. The number of hydrogen-bond donors (Lipinski definition) is 2. The van der Waals surface area contributed by atoms with Crippen LogP contribution in [-0.2, 0) is 20.8 Å². The lowest BCUT2D eigenvalue weighted by Crippen LogP contribution is -2.51. The van der Waals surface area contributed by atoms with Gasteiger partial charge in [0.25, 0.3) is 0 Å². The standard InChI is InChI=1S/C22H26ClN3O3/c1-15(2)21(25-19(27)13-16-9-5-4-6-10-16)22(29)26(3)14-20(28)24-18-12-8-7-11-17(18)23/h4-12,15,21H,13-14H2,1-3H3,(H,24,28)(H,25,27). The summed E-state index contributed by atoms with van der Waals surface area (Å²) in [5.74, 6) is -1.06. The van der Waals surface area contributed by atoms with Crippen molar-refractivity contribution < 1.29 is 14.4 Å². The Kier molecular flexibility index (Phi) is 8.21. The van der Waals surface area contributed by atoms with Gasteiger partial charge in [0.2, 0.25) is 17.7 Å². The van der Waals surface area contributed by atoms with Gasteiger partial charge in [-0.3, -0.25) is 14.4 Å². The van der Waals surface area contributed by atoms with E-state index in [0.717, 1.165) is 5.56 Å². The highest BCUT2D eigenvalue weighted by molar-refractivity contribution is 6.33. The smallest absolute Gasteiger partial charge is 0.245 e. The van der Waals surface area contributed by atoms with Crippen LogP contribution in [0.15, 0.2) is 54.6 Å². The zero-order valence-electron chi connectivity index (χ0n) is 16.8. The van der Waals surface area contributed by atoms with Crippen molar-refractivity contribution in [2.75, 3.05) is 18.9 Å². The van der Waals surface area contributed by atoms with Gasteiger partial charge in [0.05, 0.1) is 23.7 Å². The average Bonchev–Trinajstić information content (AvgIpc) is 2.68. The van der Waals surface area contributed by atoms with Crippen molar-refractivity contribution in [3.05, 3.63) is 65.2 Å². The molecule has 0 aliphatic rings. The first-order valence-corrected chi connectivity index (χ1v) is 9.78. The van der Waals surface area contributed by atoms with Crippen molar-refractivity contribution in [2.45, 2.75) is 26.3 Å². The number of carbonyl (C=O) groups is 3. The lowest BCUT2D eigenvalue weighted by molar-refractivity contribution is -0.138. The van der Waals surface area contributed by atoms with E-state index < -0.39 is 6.04 Å². The third-order valence-electron chi connectivity index (χ3n) is 4.36. The maximum atomic E-state index is 12.8. The van der Waals surface area contributed by atoms with Crippen LogP contribution in [0.3, 0.4) is 0 Å². The van der Waals surface area contributed by atoms with E-state index in [0.29, 0.717) is 10.7 Å². The SMILES string of the molecule is CC(C)C(NC(=O)Cc1ccccc1)C(=O)N(C)CC(=O)Nc1ccccc1Cl. The number of likely N-dealkylation sites (N-methyl/N-ethyl adjacent to an activating group) is 1. The first-order valence-electron chi connectivity index (χ1n) is 9.40. The topological polar surface area (TPSA) is 78.5 Å². The molecule has 2 aromatic rings. The molecule has 2 N–H and O–H groups in total. The van der Waals surface area contributed by atoms with Crippen molar-refractivity contribution in [1.29, 1.82) is 0 Å². The van der Waals surface area contributed by atoms with Gasteiger partial charge in [0, 0.05) is 7.05 Å². The number of benzene rings is 2. The predicted octanol–water partition coefficient (Wildman–Crippen LogP) is 3.12. The Labute approximate surface area is 176 Å². The summed E-state index contributed by atoms with van der Waals surface area (Å²) in [6, 6.07) is 15.5. The summed E-state index contributed by atoms with van der Waals surface area (Å²) in [6.07, 6.45) is 0.189. The van der Waals surface area contributed by atoms with E-state index in [2.05, 4.69) is 10.6 Å². The molecule has 0 aliphatic heterocycles. The molecule has 0 aromatic heterocycles. The van der Waals surface area contributed by atoms with Crippen molar-refractivity contribution in [3.63, 3.8) is 0 Å². The molecule has 2 rings (SSSR count). The monoisotopic (exact) mass is 415 g/mol. The molecule has 1 unspecified atom stereocenters. The summed E-state index contributed by atoms with van der Waals surface area (Å²) < 4.78 is 0. The lowest BCUT2D eigenvalue weighted by Gasteiger charge is -2.27. The van der Waals surface area contributed by atoms with Gasteiger partial charge in [0.1, 0.15) is 6.04 Å². The fraction of sp³-hybridized carbons (Fsp3) is 0.318. The second-order valence-electron chi connectivity index (χ2n) is 7.17. The number of halogens is 1. The normalized spacial score (nSPS) is 11.6. The quantitative estimate of drug-likeness (QED) is 0.695. The molecular weight excluding hydrogens is 390 g/mol. The van der Waals surface area contributed by atoms with Gasteiger partial charge < -0.3 is 15.5 Å². The van der Waals surface area contributed by atoms with Crippen molar-refractivity contribution in [1.82, 2.24) is 10.2 Å². The summed E-state index contributed by atoms with van der Waals surface area (Å²) in [5, 5.41) is 5.90. The summed E-state index contributed by atoms with van der Waals surface area (Å²) in [7, 11) is 1.53. The molecule has 0 saturated carbocycles. The van der Waals surface area contributed by atoms with Crippen LogP contribution in [0, 0.1) is 5.92 Å². The number of anilines is 1. The van der Waals surface area contributed by atoms with Gasteiger partial charge in [0.15, 0.2) is 0 Å². The molecule has 2 aromatic carbocycles. The third kappa shape index (κ3) is 6.91. The fourth-order valence-electron chi connectivity index (χ4n) is 2.80. The Hall–Kier alpha value is -2.86. The Morgan fingerprint density at radius 2 is 1.59 bits per heavy atom. The zero-order valence-corrected chi connectivity index (χ0v) is 17.6. The maximum Gasteiger partial charge on any atom is 0.245 e. The third-order valence-corrected chi connectivity index (χ3v) is 4.69. The molecule has 6 nitrogen and oxygen atoms in total. The van der Waals surface area contributed by atoms with Crippen LogP contribution < -0.4 is 10.6 Å². The molecule has 29 heavy (non-hydrogen) atoms. The first-order chi connectivity index (χ1) is 13.8. The minimum atomic E-state index is -0.718. The van der Waals surface area contributed by atoms with Crippen molar-refractivity contribution in [2.24, 2.45) is 5.92 Å². The van der Waals surface area contributed by atoms with E-state index in [1.165, 1.54) is 11.9 Å². The van der Waals surface area contributed by atoms with E-state index in [1.807, 2.05) is 44.2 Å². The average molecular weight is 416 g/mol. The molecule has 0 aliphatic carbocycles. The van der Waals surface area contributed by atoms with Crippen LogP contribution in [0.2, 0.25) is 5.02 Å². The van der Waals surface area contributed by atoms with Crippen LogP contribution in [0.1, 0.15) is 19.4 Å². The second-order valence-corrected chi connectivity index (χ2v) is 7.58. The molecule has 0 radical (unpaired) electrons. The summed E-state index contributed by atoms with van der Waals surface area (Å²) in [6.45, 7) is 3.55. The Morgan fingerprint density at radius 3 is 2.21 bits per heavy atom. The summed E-state index contributed by atoms with van der Waals surface area (Å²) in [4.78, 5) is 38.8. The molecule has 0 spiro atoms. The largest absolute Gasteiger partial charge is 0.344 e. The van der Waals surface area contributed by atoms with Gasteiger partial charge in [-0.05, 0) is 23.6 Å². The molecule has 1 atom stereocenters. The van der Waals surface area contributed by atoms with Crippen LogP contribution in [0.4, 0.5) is 5.69 Å². The number of rotatable bonds is 8. The summed E-state index contributed by atoms with van der Waals surface area (Å²) >= 11 is 6.04. The zero-order chi connectivity index (χ0) is 21.4. The van der Waals surface area contributed by atoms with E-state index in [-0.39, 0.29) is 36.6 Å². The number of para-hydroxylation sites is 1. The van der Waals surface area contributed by atoms with Gasteiger partial charge in [-0.1, -0.05) is 67.9 Å². The molecule has 0 fully saturated rings. The molecule has 3 amide bonds. The molecule has 0 saturated heterocycles. The molecule has 154 valence electrons. The molecule has 0 heterocycles. The predicted molar refractivity (Wildman–Crippen MR) is 115 cm³/mol. The number of carbonyl (C=O) groups excluding carboxylic acids is 3. The molecule has 7 heteroatoms. The minimum Gasteiger partial charge on any atom is -0.344 e. The van der Waals surface area contributed by atoms with E-state index in [9.17, 15) is 14.4 Å². The van der Waals surface area contributed by atoms with E-state index >= 15 is 0 Å². The Bertz CT molecular complexity index is 855. The maximum absolute atomic E-state index is 12.8. The molecule has 0 bridgehead atoms. The van der Waals surface area contributed by atoms with Crippen LogP contribution in [-0.4, -0.2) is 42.3 Å². The number of hydrogen-bond acceptors (Lipinski definition) is 3. The van der Waals surface area contributed by atoms with Crippen molar-refractivity contribution in [3.8, 4) is 0 Å². The Balaban J connectivity index is 1.95. The second kappa shape index (κ2) is 10.6. The first kappa shape index (κ1) is 22.4. The van der Waals surface area contributed by atoms with Gasteiger partial charge in [-0.15, -0.1) is 0 Å². The van der Waals surface area contributed by atoms with E-state index in [1.54, 1.807) is 24.3 Å².